The molecule has 0 aromatic heterocycles. The first kappa shape index (κ1) is 17.5. The summed E-state index contributed by atoms with van der Waals surface area (Å²) >= 11 is 0. The number of carbonyl (C=O) groups is 2. The van der Waals surface area contributed by atoms with Gasteiger partial charge < -0.3 is 14.6 Å². The van der Waals surface area contributed by atoms with E-state index >= 15 is 0 Å². The van der Waals surface area contributed by atoms with Gasteiger partial charge in [0.25, 0.3) is 5.91 Å². The zero-order chi connectivity index (χ0) is 18.8. The lowest BCUT2D eigenvalue weighted by Crippen LogP contribution is -2.31. The summed E-state index contributed by atoms with van der Waals surface area (Å²) in [4.78, 5) is 26.3. The highest BCUT2D eigenvalue weighted by molar-refractivity contribution is 6.16. The predicted octanol–water partition coefficient (Wildman–Crippen LogP) is 3.19. The number of rotatable bonds is 5. The van der Waals surface area contributed by atoms with Crippen molar-refractivity contribution >= 4 is 17.4 Å². The Labute approximate surface area is 151 Å². The summed E-state index contributed by atoms with van der Waals surface area (Å²) in [7, 11) is 3.04. The lowest BCUT2D eigenvalue weighted by atomic mass is 9.95. The van der Waals surface area contributed by atoms with Crippen LogP contribution in [0.2, 0.25) is 0 Å². The van der Waals surface area contributed by atoms with Gasteiger partial charge in [-0.25, -0.2) is 0 Å². The summed E-state index contributed by atoms with van der Waals surface area (Å²) in [5.74, 6) is -0.499. The molecular formula is C20H19NO5. The standard InChI is InChI=1S/C20H19NO5/c1-12(22)17-18(15-10-9-14(25-2)11-16(15)26-3)21(20(24)19(17)23)13-7-5-4-6-8-13/h4-11,18,23H,1-3H3. The number of hydrogen-bond acceptors (Lipinski definition) is 5. The molecule has 0 fully saturated rings. The predicted molar refractivity (Wildman–Crippen MR) is 96.6 cm³/mol. The lowest BCUT2D eigenvalue weighted by Gasteiger charge is -2.28. The van der Waals surface area contributed by atoms with Crippen LogP contribution in [0.15, 0.2) is 59.9 Å². The zero-order valence-electron chi connectivity index (χ0n) is 14.7. The Kier molecular flexibility index (Phi) is 4.67. The molecule has 0 radical (unpaired) electrons. The van der Waals surface area contributed by atoms with Crippen LogP contribution < -0.4 is 14.4 Å². The third-order valence-electron chi connectivity index (χ3n) is 4.36. The van der Waals surface area contributed by atoms with Crippen molar-refractivity contribution in [2.75, 3.05) is 19.1 Å². The van der Waals surface area contributed by atoms with E-state index in [2.05, 4.69) is 0 Å². The molecule has 0 bridgehead atoms. The van der Waals surface area contributed by atoms with Crippen molar-refractivity contribution in [1.29, 1.82) is 0 Å². The smallest absolute Gasteiger partial charge is 0.294 e. The summed E-state index contributed by atoms with van der Waals surface area (Å²) < 4.78 is 10.7. The van der Waals surface area contributed by atoms with Crippen LogP contribution in [-0.4, -0.2) is 31.0 Å². The van der Waals surface area contributed by atoms with Crippen molar-refractivity contribution in [1.82, 2.24) is 0 Å². The highest BCUT2D eigenvalue weighted by Gasteiger charge is 2.44. The number of aliphatic hydroxyl groups excluding tert-OH is 1. The molecular weight excluding hydrogens is 334 g/mol. The molecule has 1 atom stereocenters. The number of anilines is 1. The second kappa shape index (κ2) is 6.92. The van der Waals surface area contributed by atoms with Crippen LogP contribution in [0.1, 0.15) is 18.5 Å². The van der Waals surface area contributed by atoms with E-state index in [-0.39, 0.29) is 11.4 Å². The Hall–Kier alpha value is -3.28. The van der Waals surface area contributed by atoms with Crippen LogP contribution in [-0.2, 0) is 9.59 Å². The fourth-order valence-electron chi connectivity index (χ4n) is 3.16. The van der Waals surface area contributed by atoms with Crippen LogP contribution in [0, 0.1) is 0 Å². The van der Waals surface area contributed by atoms with E-state index in [4.69, 9.17) is 9.47 Å². The fourth-order valence-corrected chi connectivity index (χ4v) is 3.16. The van der Waals surface area contributed by atoms with Crippen molar-refractivity contribution in [3.8, 4) is 11.5 Å². The van der Waals surface area contributed by atoms with Crippen LogP contribution in [0.25, 0.3) is 0 Å². The molecule has 26 heavy (non-hydrogen) atoms. The molecule has 1 N–H and O–H groups in total. The SMILES string of the molecule is COc1ccc(C2C(C(C)=O)=C(O)C(=O)N2c2ccccc2)c(OC)c1. The summed E-state index contributed by atoms with van der Waals surface area (Å²) in [5, 5.41) is 10.4. The second-order valence-electron chi connectivity index (χ2n) is 5.84. The summed E-state index contributed by atoms with van der Waals surface area (Å²) in [5.41, 5.74) is 1.20. The van der Waals surface area contributed by atoms with E-state index in [1.54, 1.807) is 42.5 Å². The van der Waals surface area contributed by atoms with Gasteiger partial charge in [0.15, 0.2) is 11.5 Å². The monoisotopic (exact) mass is 353 g/mol. The number of methoxy groups -OCH3 is 2. The van der Waals surface area contributed by atoms with Gasteiger partial charge in [-0.2, -0.15) is 0 Å². The van der Waals surface area contributed by atoms with E-state index in [0.717, 1.165) is 0 Å². The van der Waals surface area contributed by atoms with Gasteiger partial charge in [-0.15, -0.1) is 0 Å². The number of Topliss-reactive ketones (excluding diaryl/α,β-unsaturated/α-hetero) is 1. The number of para-hydroxylation sites is 1. The summed E-state index contributed by atoms with van der Waals surface area (Å²) in [6.45, 7) is 1.33. The molecule has 3 rings (SSSR count). The molecule has 2 aromatic rings. The minimum Gasteiger partial charge on any atom is -0.503 e. The molecule has 1 aliphatic heterocycles. The molecule has 6 heteroatoms. The van der Waals surface area contributed by atoms with E-state index in [1.807, 2.05) is 6.07 Å². The first-order valence-electron chi connectivity index (χ1n) is 8.04. The quantitative estimate of drug-likeness (QED) is 0.893. The van der Waals surface area contributed by atoms with Crippen LogP contribution in [0.3, 0.4) is 0 Å². The second-order valence-corrected chi connectivity index (χ2v) is 5.84. The van der Waals surface area contributed by atoms with E-state index in [1.165, 1.54) is 26.0 Å². The number of amides is 1. The number of carbonyl (C=O) groups excluding carboxylic acids is 2. The minimum absolute atomic E-state index is 0.0438. The number of nitrogens with zero attached hydrogens (tertiary/aromatic N) is 1. The van der Waals surface area contributed by atoms with Gasteiger partial charge in [-0.3, -0.25) is 14.5 Å². The van der Waals surface area contributed by atoms with Gasteiger partial charge in [0.05, 0.1) is 25.8 Å². The lowest BCUT2D eigenvalue weighted by molar-refractivity contribution is -0.117. The molecule has 1 heterocycles. The number of aliphatic hydroxyl groups is 1. The van der Waals surface area contributed by atoms with E-state index in [0.29, 0.717) is 22.7 Å². The van der Waals surface area contributed by atoms with Crippen molar-refractivity contribution in [2.24, 2.45) is 0 Å². The first-order valence-corrected chi connectivity index (χ1v) is 8.04. The third-order valence-corrected chi connectivity index (χ3v) is 4.36. The topological polar surface area (TPSA) is 76.1 Å². The van der Waals surface area contributed by atoms with E-state index in [9.17, 15) is 14.7 Å². The minimum atomic E-state index is -0.789. The maximum atomic E-state index is 12.7. The van der Waals surface area contributed by atoms with Gasteiger partial charge in [0.1, 0.15) is 11.5 Å². The number of ketones is 1. The van der Waals surface area contributed by atoms with Gasteiger partial charge in [0.2, 0.25) is 0 Å². The van der Waals surface area contributed by atoms with Gasteiger partial charge in [0, 0.05) is 17.3 Å². The normalized spacial score (nSPS) is 16.8. The number of ether oxygens (including phenoxy) is 2. The first-order chi connectivity index (χ1) is 12.5. The van der Waals surface area contributed by atoms with Crippen LogP contribution in [0.5, 0.6) is 11.5 Å². The van der Waals surface area contributed by atoms with Crippen molar-refractivity contribution in [3.05, 3.63) is 65.4 Å². The van der Waals surface area contributed by atoms with Crippen molar-refractivity contribution < 1.29 is 24.2 Å². The molecule has 1 amide bonds. The van der Waals surface area contributed by atoms with Gasteiger partial charge in [-0.05, 0) is 31.2 Å². The molecule has 1 unspecified atom stereocenters. The Morgan fingerprint density at radius 3 is 2.35 bits per heavy atom. The number of hydrogen-bond donors (Lipinski definition) is 1. The van der Waals surface area contributed by atoms with Crippen molar-refractivity contribution in [2.45, 2.75) is 13.0 Å². The van der Waals surface area contributed by atoms with Crippen molar-refractivity contribution in [3.63, 3.8) is 0 Å². The average molecular weight is 353 g/mol. The van der Waals surface area contributed by atoms with E-state index < -0.39 is 17.7 Å². The van der Waals surface area contributed by atoms with Crippen LogP contribution >= 0.6 is 0 Å². The molecule has 134 valence electrons. The molecule has 0 spiro atoms. The average Bonchev–Trinajstić information content (AvgIpc) is 2.93. The summed E-state index contributed by atoms with van der Waals surface area (Å²) in [6.07, 6.45) is 0. The van der Waals surface area contributed by atoms with Gasteiger partial charge >= 0.3 is 0 Å². The molecule has 1 aliphatic rings. The third kappa shape index (κ3) is 2.79. The highest BCUT2D eigenvalue weighted by Crippen LogP contribution is 2.44. The fraction of sp³-hybridized carbons (Fsp3) is 0.200. The molecule has 0 saturated carbocycles. The van der Waals surface area contributed by atoms with Gasteiger partial charge in [-0.1, -0.05) is 18.2 Å². The molecule has 6 nitrogen and oxygen atoms in total. The number of benzene rings is 2. The Morgan fingerprint density at radius 1 is 1.08 bits per heavy atom. The maximum Gasteiger partial charge on any atom is 0.294 e. The molecule has 2 aromatic carbocycles. The highest BCUT2D eigenvalue weighted by atomic mass is 16.5. The zero-order valence-corrected chi connectivity index (χ0v) is 14.7. The Bertz CT molecular complexity index is 888. The Balaban J connectivity index is 2.22. The molecule has 0 saturated heterocycles. The summed E-state index contributed by atoms with van der Waals surface area (Å²) in [6, 6.07) is 13.2. The Morgan fingerprint density at radius 2 is 1.77 bits per heavy atom. The largest absolute Gasteiger partial charge is 0.503 e. The molecule has 0 aliphatic carbocycles. The maximum absolute atomic E-state index is 12.7. The van der Waals surface area contributed by atoms with Crippen LogP contribution in [0.4, 0.5) is 5.69 Å².